The van der Waals surface area contributed by atoms with Crippen molar-refractivity contribution in [3.63, 3.8) is 0 Å². The third kappa shape index (κ3) is 3.71. The number of aliphatic hydroxyl groups is 1. The van der Waals surface area contributed by atoms with Crippen LogP contribution in [0.1, 0.15) is 18.2 Å². The predicted octanol–water partition coefficient (Wildman–Crippen LogP) is 0.790. The summed E-state index contributed by atoms with van der Waals surface area (Å²) in [6.45, 7) is 2.11. The van der Waals surface area contributed by atoms with Gasteiger partial charge in [0.15, 0.2) is 5.84 Å². The second-order valence-electron chi connectivity index (χ2n) is 3.34. The summed E-state index contributed by atoms with van der Waals surface area (Å²) in [5.41, 5.74) is 6.92. The number of rotatable bonds is 5. The van der Waals surface area contributed by atoms with Gasteiger partial charge in [-0.15, -0.1) is 0 Å². The van der Waals surface area contributed by atoms with Crippen LogP contribution in [0.3, 0.4) is 0 Å². The number of hydrogen-bond acceptors (Lipinski definition) is 5. The highest BCUT2D eigenvalue weighted by molar-refractivity contribution is 7.99. The van der Waals surface area contributed by atoms with Crippen molar-refractivity contribution in [2.24, 2.45) is 10.9 Å². The molecule has 0 radical (unpaired) electrons. The summed E-state index contributed by atoms with van der Waals surface area (Å²) in [5, 5.41) is 20.5. The maximum atomic E-state index is 8.89. The van der Waals surface area contributed by atoms with Gasteiger partial charge in [0.1, 0.15) is 5.69 Å². The van der Waals surface area contributed by atoms with Gasteiger partial charge >= 0.3 is 0 Å². The third-order valence-electron chi connectivity index (χ3n) is 1.99. The first-order chi connectivity index (χ1) is 7.67. The molecule has 0 aliphatic rings. The first kappa shape index (κ1) is 12.8. The van der Waals surface area contributed by atoms with Crippen LogP contribution in [-0.2, 0) is 5.75 Å². The van der Waals surface area contributed by atoms with Crippen LogP contribution in [-0.4, -0.2) is 33.0 Å². The van der Waals surface area contributed by atoms with Crippen LogP contribution < -0.4 is 5.73 Å². The van der Waals surface area contributed by atoms with Crippen molar-refractivity contribution in [3.8, 4) is 0 Å². The summed E-state index contributed by atoms with van der Waals surface area (Å²) >= 11 is 1.64. The minimum atomic E-state index is 0.00190. The molecule has 88 valence electrons. The zero-order valence-corrected chi connectivity index (χ0v) is 9.81. The summed E-state index contributed by atoms with van der Waals surface area (Å²) in [7, 11) is 0. The van der Waals surface area contributed by atoms with E-state index < -0.39 is 0 Å². The number of oxime groups is 1. The van der Waals surface area contributed by atoms with E-state index in [1.54, 1.807) is 24.0 Å². The van der Waals surface area contributed by atoms with Crippen molar-refractivity contribution in [1.29, 1.82) is 0 Å². The minimum absolute atomic E-state index is 0.00190. The Morgan fingerprint density at radius 3 is 3.06 bits per heavy atom. The van der Waals surface area contributed by atoms with Gasteiger partial charge in [0.05, 0.1) is 6.61 Å². The molecule has 1 aromatic rings. The normalized spacial score (nSPS) is 13.8. The second kappa shape index (κ2) is 6.34. The number of nitrogens with zero attached hydrogens (tertiary/aromatic N) is 2. The molecule has 0 aliphatic carbocycles. The average Bonchev–Trinajstić information content (AvgIpc) is 2.35. The van der Waals surface area contributed by atoms with E-state index in [0.29, 0.717) is 5.69 Å². The molecule has 0 spiro atoms. The van der Waals surface area contributed by atoms with Crippen LogP contribution in [0.5, 0.6) is 0 Å². The first-order valence-corrected chi connectivity index (χ1v) is 5.87. The van der Waals surface area contributed by atoms with Gasteiger partial charge in [-0.25, -0.2) is 0 Å². The maximum Gasteiger partial charge on any atom is 0.188 e. The van der Waals surface area contributed by atoms with Crippen LogP contribution in [0.15, 0.2) is 23.5 Å². The molecule has 1 aromatic heterocycles. The van der Waals surface area contributed by atoms with E-state index in [2.05, 4.69) is 10.1 Å². The van der Waals surface area contributed by atoms with Crippen LogP contribution >= 0.6 is 11.8 Å². The molecule has 1 heterocycles. The summed E-state index contributed by atoms with van der Waals surface area (Å²) < 4.78 is 0. The van der Waals surface area contributed by atoms with Crippen LogP contribution in [0.2, 0.25) is 0 Å². The molecule has 1 rings (SSSR count). The molecule has 0 bridgehead atoms. The number of pyridine rings is 1. The van der Waals surface area contributed by atoms with Gasteiger partial charge in [0.25, 0.3) is 0 Å². The lowest BCUT2D eigenvalue weighted by Crippen LogP contribution is -2.15. The molecule has 0 saturated heterocycles. The highest BCUT2D eigenvalue weighted by atomic mass is 32.2. The molecule has 5 nitrogen and oxygen atoms in total. The molecular formula is C10H15N3O2S. The van der Waals surface area contributed by atoms with Gasteiger partial charge in [0, 0.05) is 17.2 Å². The zero-order chi connectivity index (χ0) is 12.0. The molecule has 4 N–H and O–H groups in total. The molecule has 0 fully saturated rings. The van der Waals surface area contributed by atoms with Crippen LogP contribution in [0.25, 0.3) is 0 Å². The molecule has 0 amide bonds. The van der Waals surface area contributed by atoms with Crippen molar-refractivity contribution in [2.45, 2.75) is 17.9 Å². The lowest BCUT2D eigenvalue weighted by molar-refractivity contribution is 0.300. The fraction of sp³-hybridized carbons (Fsp3) is 0.400. The van der Waals surface area contributed by atoms with Gasteiger partial charge in [0.2, 0.25) is 0 Å². The van der Waals surface area contributed by atoms with Crippen molar-refractivity contribution in [3.05, 3.63) is 29.6 Å². The lowest BCUT2D eigenvalue weighted by Gasteiger charge is -2.07. The summed E-state index contributed by atoms with van der Waals surface area (Å²) in [6, 6.07) is 3.64. The molecular weight excluding hydrogens is 226 g/mol. The Hall–Kier alpha value is -1.27. The molecule has 0 saturated carbocycles. The van der Waals surface area contributed by atoms with E-state index in [1.165, 1.54) is 0 Å². The molecule has 16 heavy (non-hydrogen) atoms. The van der Waals surface area contributed by atoms with E-state index in [4.69, 9.17) is 16.0 Å². The van der Waals surface area contributed by atoms with Gasteiger partial charge in [-0.1, -0.05) is 12.1 Å². The number of amidine groups is 1. The SMILES string of the molecule is CC(CO)SCc1ccnc(/C(N)=N/O)c1. The Kier molecular flexibility index (Phi) is 5.07. The van der Waals surface area contributed by atoms with Gasteiger partial charge in [-0.3, -0.25) is 4.98 Å². The Morgan fingerprint density at radius 2 is 2.44 bits per heavy atom. The Bertz CT molecular complexity index is 371. The Morgan fingerprint density at radius 1 is 1.69 bits per heavy atom. The molecule has 6 heteroatoms. The molecule has 1 atom stereocenters. The standard InChI is InChI=1S/C10H15N3O2S/c1-7(5-14)16-6-8-2-3-12-9(4-8)10(11)13-15/h2-4,7,14-15H,5-6H2,1H3,(H2,11,13). The largest absolute Gasteiger partial charge is 0.409 e. The number of thioether (sulfide) groups is 1. The smallest absolute Gasteiger partial charge is 0.188 e. The van der Waals surface area contributed by atoms with E-state index in [-0.39, 0.29) is 17.7 Å². The van der Waals surface area contributed by atoms with Crippen molar-refractivity contribution in [1.82, 2.24) is 4.98 Å². The highest BCUT2D eigenvalue weighted by Crippen LogP contribution is 2.17. The molecule has 0 aliphatic heterocycles. The van der Waals surface area contributed by atoms with E-state index in [0.717, 1.165) is 11.3 Å². The van der Waals surface area contributed by atoms with E-state index in [9.17, 15) is 0 Å². The predicted molar refractivity (Wildman–Crippen MR) is 64.6 cm³/mol. The van der Waals surface area contributed by atoms with Gasteiger partial charge in [-0.05, 0) is 17.7 Å². The lowest BCUT2D eigenvalue weighted by atomic mass is 10.2. The average molecular weight is 241 g/mol. The number of nitrogens with two attached hydrogens (primary N) is 1. The fourth-order valence-corrected chi connectivity index (χ4v) is 1.81. The second-order valence-corrected chi connectivity index (χ2v) is 4.77. The fourth-order valence-electron chi connectivity index (χ4n) is 1.05. The van der Waals surface area contributed by atoms with E-state index >= 15 is 0 Å². The van der Waals surface area contributed by atoms with Gasteiger partial charge in [-0.2, -0.15) is 11.8 Å². The summed E-state index contributed by atoms with van der Waals surface area (Å²) in [4.78, 5) is 3.98. The third-order valence-corrected chi connectivity index (χ3v) is 3.20. The van der Waals surface area contributed by atoms with Crippen LogP contribution in [0.4, 0.5) is 0 Å². The topological polar surface area (TPSA) is 91.7 Å². The first-order valence-electron chi connectivity index (χ1n) is 4.82. The maximum absolute atomic E-state index is 8.89. The summed E-state index contributed by atoms with van der Waals surface area (Å²) in [6.07, 6.45) is 1.62. The van der Waals surface area contributed by atoms with Gasteiger partial charge < -0.3 is 16.0 Å². The van der Waals surface area contributed by atoms with Crippen molar-refractivity contribution >= 4 is 17.6 Å². The quantitative estimate of drug-likeness (QED) is 0.307. The highest BCUT2D eigenvalue weighted by Gasteiger charge is 2.04. The van der Waals surface area contributed by atoms with Crippen LogP contribution in [0, 0.1) is 0 Å². The zero-order valence-electron chi connectivity index (χ0n) is 9.00. The monoisotopic (exact) mass is 241 g/mol. The molecule has 0 aromatic carbocycles. The van der Waals surface area contributed by atoms with Crippen molar-refractivity contribution in [2.75, 3.05) is 6.61 Å². The van der Waals surface area contributed by atoms with E-state index in [1.807, 2.05) is 13.0 Å². The number of aromatic nitrogens is 1. The Balaban J connectivity index is 2.68. The number of hydrogen-bond donors (Lipinski definition) is 3. The minimum Gasteiger partial charge on any atom is -0.409 e. The summed E-state index contributed by atoms with van der Waals surface area (Å²) in [5.74, 6) is 0.762. The molecule has 1 unspecified atom stereocenters. The van der Waals surface area contributed by atoms with Crippen molar-refractivity contribution < 1.29 is 10.3 Å². The Labute approximate surface area is 98.4 Å². The number of aliphatic hydroxyl groups excluding tert-OH is 1.